The van der Waals surface area contributed by atoms with Crippen LogP contribution < -0.4 is 0 Å². The van der Waals surface area contributed by atoms with Gasteiger partial charge in [-0.05, 0) is 36.4 Å². The third-order valence-electron chi connectivity index (χ3n) is 4.10. The minimum atomic E-state index is 0.673. The lowest BCUT2D eigenvalue weighted by Crippen LogP contribution is -1.94. The largest absolute Gasteiger partial charge is 0.324 e. The predicted octanol–water partition coefficient (Wildman–Crippen LogP) is 2.47. The predicted molar refractivity (Wildman–Crippen MR) is 89.8 cm³/mol. The number of aryl methyl sites for hydroxylation is 1. The van der Waals surface area contributed by atoms with Crippen LogP contribution in [0, 0.1) is 0 Å². The Bertz CT molecular complexity index is 1150. The van der Waals surface area contributed by atoms with Gasteiger partial charge in [0.05, 0.1) is 11.6 Å². The maximum absolute atomic E-state index is 4.67. The van der Waals surface area contributed by atoms with Gasteiger partial charge in [-0.15, -0.1) is 5.10 Å². The van der Waals surface area contributed by atoms with Crippen molar-refractivity contribution in [1.29, 1.82) is 0 Å². The quantitative estimate of drug-likeness (QED) is 0.502. The average Bonchev–Trinajstić information content (AvgIpc) is 3.34. The summed E-state index contributed by atoms with van der Waals surface area (Å²) in [7, 11) is 1.86. The first-order chi connectivity index (χ1) is 11.8. The van der Waals surface area contributed by atoms with Gasteiger partial charge in [0.25, 0.3) is 0 Å². The highest BCUT2D eigenvalue weighted by atomic mass is 15.3. The highest BCUT2D eigenvalue weighted by Crippen LogP contribution is 2.21. The zero-order chi connectivity index (χ0) is 16.1. The third kappa shape index (κ3) is 1.84. The first-order valence-electron chi connectivity index (χ1n) is 7.56. The molecule has 5 aromatic rings. The molecule has 0 N–H and O–H groups in total. The Hall–Kier alpha value is -3.48. The van der Waals surface area contributed by atoms with E-state index in [1.807, 2.05) is 43.7 Å². The van der Waals surface area contributed by atoms with Gasteiger partial charge < -0.3 is 4.57 Å². The first kappa shape index (κ1) is 13.0. The number of rotatable bonds is 2. The van der Waals surface area contributed by atoms with Crippen molar-refractivity contribution in [2.75, 3.05) is 0 Å². The van der Waals surface area contributed by atoms with Crippen LogP contribution in [0.15, 0.2) is 61.3 Å². The lowest BCUT2D eigenvalue weighted by molar-refractivity contribution is 0.783. The summed E-state index contributed by atoms with van der Waals surface area (Å²) in [6, 6.07) is 12.2. The lowest BCUT2D eigenvalue weighted by atomic mass is 10.2. The Morgan fingerprint density at radius 1 is 0.958 bits per heavy atom. The van der Waals surface area contributed by atoms with Crippen LogP contribution in [0.1, 0.15) is 0 Å². The fourth-order valence-electron chi connectivity index (χ4n) is 2.85. The van der Waals surface area contributed by atoms with Crippen molar-refractivity contribution in [2.24, 2.45) is 7.05 Å². The Morgan fingerprint density at radius 3 is 2.54 bits per heavy atom. The molecule has 0 aliphatic carbocycles. The molecule has 1 aromatic carbocycles. The van der Waals surface area contributed by atoms with Crippen molar-refractivity contribution >= 4 is 16.7 Å². The Labute approximate surface area is 136 Å². The van der Waals surface area contributed by atoms with E-state index < -0.39 is 0 Å². The molecule has 0 aliphatic rings. The van der Waals surface area contributed by atoms with Crippen molar-refractivity contribution in [3.63, 3.8) is 0 Å². The van der Waals surface area contributed by atoms with Gasteiger partial charge >= 0.3 is 0 Å². The lowest BCUT2D eigenvalue weighted by Gasteiger charge is -2.02. The van der Waals surface area contributed by atoms with Crippen molar-refractivity contribution < 1.29 is 0 Å². The summed E-state index contributed by atoms with van der Waals surface area (Å²) in [6.07, 6.45) is 7.47. The molecular formula is C17H13N7. The molecule has 0 spiro atoms. The summed E-state index contributed by atoms with van der Waals surface area (Å²) < 4.78 is 5.48. The minimum Gasteiger partial charge on any atom is -0.324 e. The molecular weight excluding hydrogens is 302 g/mol. The van der Waals surface area contributed by atoms with Crippen LogP contribution >= 0.6 is 0 Å². The van der Waals surface area contributed by atoms with E-state index in [-0.39, 0.29) is 0 Å². The summed E-state index contributed by atoms with van der Waals surface area (Å²) >= 11 is 0. The Balaban J connectivity index is 1.62. The minimum absolute atomic E-state index is 0.673. The summed E-state index contributed by atoms with van der Waals surface area (Å²) in [4.78, 5) is 9.05. The third-order valence-corrected chi connectivity index (χ3v) is 4.10. The van der Waals surface area contributed by atoms with Gasteiger partial charge in [-0.1, -0.05) is 0 Å². The van der Waals surface area contributed by atoms with Gasteiger partial charge in [0.15, 0.2) is 17.1 Å². The molecule has 24 heavy (non-hydrogen) atoms. The van der Waals surface area contributed by atoms with Gasteiger partial charge in [0.2, 0.25) is 0 Å². The maximum atomic E-state index is 4.67. The van der Waals surface area contributed by atoms with Gasteiger partial charge in [-0.2, -0.15) is 5.10 Å². The molecule has 4 heterocycles. The molecule has 4 aromatic heterocycles. The van der Waals surface area contributed by atoms with Crippen LogP contribution in [-0.2, 0) is 7.05 Å². The molecule has 0 unspecified atom stereocenters. The van der Waals surface area contributed by atoms with E-state index in [0.717, 1.165) is 27.9 Å². The number of fused-ring (bicyclic) bond motifs is 3. The topological polar surface area (TPSA) is 65.8 Å². The fourth-order valence-corrected chi connectivity index (χ4v) is 2.85. The summed E-state index contributed by atoms with van der Waals surface area (Å²) in [5, 5.41) is 9.66. The van der Waals surface area contributed by atoms with Crippen LogP contribution in [0.2, 0.25) is 0 Å². The van der Waals surface area contributed by atoms with Crippen LogP contribution in [0.4, 0.5) is 0 Å². The van der Waals surface area contributed by atoms with E-state index in [1.54, 1.807) is 21.7 Å². The monoisotopic (exact) mass is 315 g/mol. The van der Waals surface area contributed by atoms with Crippen molar-refractivity contribution in [3.05, 3.63) is 61.3 Å². The van der Waals surface area contributed by atoms with E-state index in [1.165, 1.54) is 0 Å². The van der Waals surface area contributed by atoms with E-state index in [2.05, 4.69) is 36.9 Å². The van der Waals surface area contributed by atoms with Crippen LogP contribution in [-0.4, -0.2) is 33.9 Å². The van der Waals surface area contributed by atoms with Crippen molar-refractivity contribution in [1.82, 2.24) is 33.9 Å². The molecule has 0 saturated carbocycles. The zero-order valence-corrected chi connectivity index (χ0v) is 12.9. The Kier molecular flexibility index (Phi) is 2.58. The van der Waals surface area contributed by atoms with E-state index >= 15 is 0 Å². The summed E-state index contributed by atoms with van der Waals surface area (Å²) in [6.45, 7) is 0. The van der Waals surface area contributed by atoms with E-state index in [4.69, 9.17) is 0 Å². The van der Waals surface area contributed by atoms with Gasteiger partial charge in [0, 0.05) is 30.7 Å². The zero-order valence-electron chi connectivity index (χ0n) is 12.9. The number of nitrogens with zero attached hydrogens (tertiary/aromatic N) is 7. The average molecular weight is 315 g/mol. The second-order valence-corrected chi connectivity index (χ2v) is 5.59. The van der Waals surface area contributed by atoms with Crippen LogP contribution in [0.25, 0.3) is 33.8 Å². The highest BCUT2D eigenvalue weighted by Gasteiger charge is 2.12. The van der Waals surface area contributed by atoms with E-state index in [9.17, 15) is 0 Å². The molecule has 5 rings (SSSR count). The smallest absolute Gasteiger partial charge is 0.182 e. The molecule has 0 radical (unpaired) electrons. The number of benzene rings is 1. The molecule has 7 heteroatoms. The molecule has 0 bridgehead atoms. The SMILES string of the molecule is Cn1ncc2c1ncn1nc(-c3ccc(-n4cccc4)cc3)nc21. The second-order valence-electron chi connectivity index (χ2n) is 5.59. The molecule has 0 atom stereocenters. The molecule has 7 nitrogen and oxygen atoms in total. The number of aromatic nitrogens is 7. The molecule has 0 saturated heterocycles. The molecule has 0 aliphatic heterocycles. The van der Waals surface area contributed by atoms with Crippen molar-refractivity contribution in [2.45, 2.75) is 0 Å². The first-order valence-corrected chi connectivity index (χ1v) is 7.56. The van der Waals surface area contributed by atoms with Gasteiger partial charge in [-0.25, -0.2) is 14.5 Å². The molecule has 0 amide bonds. The summed E-state index contributed by atoms with van der Waals surface area (Å²) in [5.41, 5.74) is 3.62. The summed E-state index contributed by atoms with van der Waals surface area (Å²) in [5.74, 6) is 0.673. The number of hydrogen-bond donors (Lipinski definition) is 0. The van der Waals surface area contributed by atoms with Gasteiger partial charge in [-0.3, -0.25) is 4.68 Å². The van der Waals surface area contributed by atoms with E-state index in [0.29, 0.717) is 5.82 Å². The van der Waals surface area contributed by atoms with Gasteiger partial charge in [0.1, 0.15) is 6.33 Å². The maximum Gasteiger partial charge on any atom is 0.182 e. The van der Waals surface area contributed by atoms with Crippen molar-refractivity contribution in [3.8, 4) is 17.1 Å². The molecule has 0 fully saturated rings. The Morgan fingerprint density at radius 2 is 1.75 bits per heavy atom. The normalized spacial score (nSPS) is 11.5. The van der Waals surface area contributed by atoms with Crippen LogP contribution in [0.3, 0.4) is 0 Å². The van der Waals surface area contributed by atoms with Crippen LogP contribution in [0.5, 0.6) is 0 Å². The number of hydrogen-bond acceptors (Lipinski definition) is 4. The molecule has 116 valence electrons. The standard InChI is InChI=1S/C17H13N7/c1-22-16-14(10-19-22)17-20-15(21-24(17)11-18-16)12-4-6-13(7-5-12)23-8-2-3-9-23/h2-11H,1H3. The highest BCUT2D eigenvalue weighted by molar-refractivity contribution is 5.89. The second kappa shape index (κ2) is 4.76. The fraction of sp³-hybridized carbons (Fsp3) is 0.0588.